The molecular weight excluding hydrogens is 272 g/mol. The minimum atomic E-state index is 0.624. The van der Waals surface area contributed by atoms with Gasteiger partial charge in [-0.3, -0.25) is 4.98 Å². The molecule has 0 amide bonds. The monoisotopic (exact) mass is 284 g/mol. The van der Waals surface area contributed by atoms with E-state index in [1.807, 2.05) is 42.5 Å². The number of hydrogen-bond donors (Lipinski definition) is 0. The normalized spacial score (nSPS) is 10.9. The molecule has 0 aliphatic carbocycles. The quantitative estimate of drug-likeness (QED) is 0.546. The highest BCUT2D eigenvalue weighted by molar-refractivity contribution is 5.86. The maximum Gasteiger partial charge on any atom is 0.134 e. The fourth-order valence-corrected chi connectivity index (χ4v) is 2.89. The number of para-hydroxylation sites is 1. The molecule has 104 valence electrons. The Hall–Kier alpha value is -3.12. The van der Waals surface area contributed by atoms with Gasteiger partial charge in [-0.1, -0.05) is 30.3 Å². The lowest BCUT2D eigenvalue weighted by molar-refractivity contribution is 0.616. The fourth-order valence-electron chi connectivity index (χ4n) is 2.89. The first kappa shape index (κ1) is 12.6. The van der Waals surface area contributed by atoms with E-state index in [1.54, 1.807) is 12.5 Å². The number of aromatic nitrogens is 1. The Morgan fingerprint density at radius 2 is 1.91 bits per heavy atom. The molecule has 4 aromatic rings. The van der Waals surface area contributed by atoms with Gasteiger partial charge >= 0.3 is 0 Å². The van der Waals surface area contributed by atoms with Crippen LogP contribution in [0.1, 0.15) is 16.7 Å². The van der Waals surface area contributed by atoms with E-state index in [-0.39, 0.29) is 0 Å². The van der Waals surface area contributed by atoms with E-state index < -0.39 is 0 Å². The SMILES string of the molecule is N#Cc1cnc2ccccc2c1Cc1cccc2occc12. The number of benzene rings is 2. The number of nitriles is 1. The van der Waals surface area contributed by atoms with Crippen molar-refractivity contribution in [2.45, 2.75) is 6.42 Å². The Morgan fingerprint density at radius 3 is 2.82 bits per heavy atom. The van der Waals surface area contributed by atoms with Gasteiger partial charge in [0.1, 0.15) is 11.7 Å². The average molecular weight is 284 g/mol. The van der Waals surface area contributed by atoms with E-state index >= 15 is 0 Å². The van der Waals surface area contributed by atoms with Crippen LogP contribution in [0.15, 0.2) is 65.4 Å². The molecule has 4 rings (SSSR count). The zero-order valence-corrected chi connectivity index (χ0v) is 11.8. The van der Waals surface area contributed by atoms with Crippen molar-refractivity contribution in [2.75, 3.05) is 0 Å². The smallest absolute Gasteiger partial charge is 0.134 e. The van der Waals surface area contributed by atoms with Crippen LogP contribution in [-0.2, 0) is 6.42 Å². The molecule has 2 aromatic carbocycles. The highest BCUT2D eigenvalue weighted by Gasteiger charge is 2.11. The van der Waals surface area contributed by atoms with Crippen molar-refractivity contribution in [3.8, 4) is 6.07 Å². The Morgan fingerprint density at radius 1 is 1.00 bits per heavy atom. The minimum absolute atomic E-state index is 0.624. The molecule has 3 nitrogen and oxygen atoms in total. The summed E-state index contributed by atoms with van der Waals surface area (Å²) < 4.78 is 5.46. The van der Waals surface area contributed by atoms with Crippen molar-refractivity contribution in [1.82, 2.24) is 4.98 Å². The fraction of sp³-hybridized carbons (Fsp3) is 0.0526. The third-order valence-electron chi connectivity index (χ3n) is 3.96. The summed E-state index contributed by atoms with van der Waals surface area (Å²) in [6, 6.07) is 18.2. The summed E-state index contributed by atoms with van der Waals surface area (Å²) in [5.74, 6) is 0. The molecule has 0 unspecified atom stereocenters. The van der Waals surface area contributed by atoms with E-state index in [0.717, 1.165) is 33.0 Å². The summed E-state index contributed by atoms with van der Waals surface area (Å²) in [6.45, 7) is 0. The lowest BCUT2D eigenvalue weighted by Crippen LogP contribution is -1.96. The summed E-state index contributed by atoms with van der Waals surface area (Å²) in [7, 11) is 0. The van der Waals surface area contributed by atoms with Crippen LogP contribution < -0.4 is 0 Å². The first-order valence-electron chi connectivity index (χ1n) is 7.08. The molecule has 0 aliphatic heterocycles. The number of pyridine rings is 1. The summed E-state index contributed by atoms with van der Waals surface area (Å²) in [6.07, 6.45) is 4.04. The van der Waals surface area contributed by atoms with E-state index in [0.29, 0.717) is 12.0 Å². The van der Waals surface area contributed by atoms with E-state index in [9.17, 15) is 5.26 Å². The maximum absolute atomic E-state index is 9.42. The van der Waals surface area contributed by atoms with Gasteiger partial charge in [0.05, 0.1) is 17.3 Å². The number of hydrogen-bond acceptors (Lipinski definition) is 3. The third-order valence-corrected chi connectivity index (χ3v) is 3.96. The predicted molar refractivity (Wildman–Crippen MR) is 85.5 cm³/mol. The van der Waals surface area contributed by atoms with Gasteiger partial charge in [-0.2, -0.15) is 5.26 Å². The van der Waals surface area contributed by atoms with Crippen LogP contribution in [0.25, 0.3) is 21.9 Å². The van der Waals surface area contributed by atoms with Crippen molar-refractivity contribution in [3.05, 3.63) is 77.7 Å². The second kappa shape index (κ2) is 5.01. The maximum atomic E-state index is 9.42. The van der Waals surface area contributed by atoms with Crippen LogP contribution in [0.5, 0.6) is 0 Å². The van der Waals surface area contributed by atoms with Crippen molar-refractivity contribution >= 4 is 21.9 Å². The molecule has 3 heteroatoms. The Balaban J connectivity index is 1.94. The van der Waals surface area contributed by atoms with Crippen LogP contribution in [-0.4, -0.2) is 4.98 Å². The molecule has 0 saturated heterocycles. The molecule has 0 saturated carbocycles. The summed E-state index contributed by atoms with van der Waals surface area (Å²) in [4.78, 5) is 4.37. The van der Waals surface area contributed by atoms with Crippen LogP contribution >= 0.6 is 0 Å². The third kappa shape index (κ3) is 1.94. The lowest BCUT2D eigenvalue weighted by atomic mass is 9.95. The molecule has 22 heavy (non-hydrogen) atoms. The van der Waals surface area contributed by atoms with Crippen LogP contribution in [0, 0.1) is 11.3 Å². The molecule has 0 bridgehead atoms. The average Bonchev–Trinajstić information content (AvgIpc) is 3.05. The predicted octanol–water partition coefficient (Wildman–Crippen LogP) is 4.44. The molecule has 0 atom stereocenters. The summed E-state index contributed by atoms with van der Waals surface area (Å²) in [5.41, 5.74) is 4.57. The van der Waals surface area contributed by atoms with E-state index in [2.05, 4.69) is 17.1 Å². The zero-order chi connectivity index (χ0) is 14.9. The number of rotatable bonds is 2. The van der Waals surface area contributed by atoms with Gasteiger partial charge in [0, 0.05) is 23.4 Å². The van der Waals surface area contributed by atoms with Crippen molar-refractivity contribution in [1.29, 1.82) is 5.26 Å². The number of furan rings is 1. The molecule has 0 N–H and O–H groups in total. The van der Waals surface area contributed by atoms with Crippen LogP contribution in [0.4, 0.5) is 0 Å². The molecule has 2 heterocycles. The molecule has 0 spiro atoms. The Kier molecular flexibility index (Phi) is 2.87. The Bertz CT molecular complexity index is 1020. The van der Waals surface area contributed by atoms with E-state index in [1.165, 1.54) is 0 Å². The van der Waals surface area contributed by atoms with Gasteiger partial charge < -0.3 is 4.42 Å². The van der Waals surface area contributed by atoms with Crippen LogP contribution in [0.2, 0.25) is 0 Å². The first-order valence-corrected chi connectivity index (χ1v) is 7.08. The van der Waals surface area contributed by atoms with Gasteiger partial charge in [0.25, 0.3) is 0 Å². The lowest BCUT2D eigenvalue weighted by Gasteiger charge is -2.09. The van der Waals surface area contributed by atoms with Crippen molar-refractivity contribution < 1.29 is 4.42 Å². The zero-order valence-electron chi connectivity index (χ0n) is 11.8. The second-order valence-electron chi connectivity index (χ2n) is 5.21. The molecule has 2 aromatic heterocycles. The molecule has 0 fully saturated rings. The topological polar surface area (TPSA) is 49.8 Å². The molecule has 0 radical (unpaired) electrons. The van der Waals surface area contributed by atoms with Gasteiger partial charge in [-0.25, -0.2) is 0 Å². The van der Waals surface area contributed by atoms with E-state index in [4.69, 9.17) is 4.42 Å². The van der Waals surface area contributed by atoms with Gasteiger partial charge in [0.2, 0.25) is 0 Å². The standard InChI is InChI=1S/C19H12N2O/c20-11-14-12-21-18-6-2-1-5-16(18)17(14)10-13-4-3-7-19-15(13)8-9-22-19/h1-9,12H,10H2. The minimum Gasteiger partial charge on any atom is -0.464 e. The highest BCUT2D eigenvalue weighted by atomic mass is 16.3. The Labute approximate surface area is 127 Å². The number of nitrogens with zero attached hydrogens (tertiary/aromatic N) is 2. The van der Waals surface area contributed by atoms with Crippen molar-refractivity contribution in [3.63, 3.8) is 0 Å². The van der Waals surface area contributed by atoms with Gasteiger partial charge in [0.15, 0.2) is 0 Å². The van der Waals surface area contributed by atoms with Crippen molar-refractivity contribution in [2.24, 2.45) is 0 Å². The first-order chi connectivity index (χ1) is 10.9. The highest BCUT2D eigenvalue weighted by Crippen LogP contribution is 2.27. The molecular formula is C19H12N2O. The molecule has 0 aliphatic rings. The summed E-state index contributed by atoms with van der Waals surface area (Å²) >= 11 is 0. The summed E-state index contributed by atoms with van der Waals surface area (Å²) in [5, 5.41) is 11.5. The second-order valence-corrected chi connectivity index (χ2v) is 5.21. The van der Waals surface area contributed by atoms with Crippen LogP contribution in [0.3, 0.4) is 0 Å². The van der Waals surface area contributed by atoms with Gasteiger partial charge in [-0.05, 0) is 29.3 Å². The number of fused-ring (bicyclic) bond motifs is 2. The van der Waals surface area contributed by atoms with Gasteiger partial charge in [-0.15, -0.1) is 0 Å². The largest absolute Gasteiger partial charge is 0.464 e.